The summed E-state index contributed by atoms with van der Waals surface area (Å²) < 4.78 is 12.9. The summed E-state index contributed by atoms with van der Waals surface area (Å²) in [5.74, 6) is 0.707. The number of hydrogen-bond acceptors (Lipinski definition) is 4. The van der Waals surface area contributed by atoms with Gasteiger partial charge in [-0.05, 0) is 32.6 Å². The second kappa shape index (κ2) is 9.04. The highest BCUT2D eigenvalue weighted by Crippen LogP contribution is 2.01. The quantitative estimate of drug-likeness (QED) is 0.613. The normalized spacial score (nSPS) is 11.7. The first-order valence-electron chi connectivity index (χ1n) is 7.16. The Morgan fingerprint density at radius 2 is 2.00 bits per heavy atom. The Bertz CT molecular complexity index is 337. The summed E-state index contributed by atoms with van der Waals surface area (Å²) in [4.78, 5) is 0. The van der Waals surface area contributed by atoms with Crippen LogP contribution in [0.25, 0.3) is 0 Å². The number of aryl methyl sites for hydroxylation is 1. The number of aromatic nitrogens is 3. The van der Waals surface area contributed by atoms with Crippen LogP contribution in [0.1, 0.15) is 46.2 Å². The SMILES string of the molecule is CC(C)CCOCCCn1cc(COC(C)C)nn1. The van der Waals surface area contributed by atoms with Gasteiger partial charge in [0.15, 0.2) is 0 Å². The molecule has 0 bridgehead atoms. The Labute approximate surface area is 116 Å². The van der Waals surface area contributed by atoms with Gasteiger partial charge in [-0.1, -0.05) is 19.1 Å². The second-order valence-electron chi connectivity index (χ2n) is 5.48. The van der Waals surface area contributed by atoms with E-state index in [1.807, 2.05) is 24.7 Å². The lowest BCUT2D eigenvalue weighted by Gasteiger charge is -2.06. The van der Waals surface area contributed by atoms with Crippen molar-refractivity contribution in [3.8, 4) is 0 Å². The van der Waals surface area contributed by atoms with Gasteiger partial charge >= 0.3 is 0 Å². The number of ether oxygens (including phenoxy) is 2. The summed E-state index contributed by atoms with van der Waals surface area (Å²) in [7, 11) is 0. The fourth-order valence-electron chi connectivity index (χ4n) is 1.52. The molecule has 0 radical (unpaired) electrons. The first-order chi connectivity index (χ1) is 9.08. The van der Waals surface area contributed by atoms with Crippen molar-refractivity contribution in [2.24, 2.45) is 5.92 Å². The average Bonchev–Trinajstić information content (AvgIpc) is 2.78. The highest BCUT2D eigenvalue weighted by atomic mass is 16.5. The fourth-order valence-corrected chi connectivity index (χ4v) is 1.52. The van der Waals surface area contributed by atoms with Crippen LogP contribution in [0.15, 0.2) is 6.20 Å². The molecule has 0 unspecified atom stereocenters. The van der Waals surface area contributed by atoms with Gasteiger partial charge in [0.05, 0.1) is 18.9 Å². The molecule has 0 aromatic carbocycles. The molecule has 0 fully saturated rings. The van der Waals surface area contributed by atoms with Gasteiger partial charge in [0.25, 0.3) is 0 Å². The van der Waals surface area contributed by atoms with E-state index in [-0.39, 0.29) is 6.10 Å². The Hall–Kier alpha value is -0.940. The van der Waals surface area contributed by atoms with E-state index in [4.69, 9.17) is 9.47 Å². The van der Waals surface area contributed by atoms with Crippen LogP contribution in [0, 0.1) is 5.92 Å². The molecule has 0 aliphatic carbocycles. The van der Waals surface area contributed by atoms with Gasteiger partial charge in [0.1, 0.15) is 5.69 Å². The van der Waals surface area contributed by atoms with Gasteiger partial charge in [0, 0.05) is 19.8 Å². The first-order valence-corrected chi connectivity index (χ1v) is 7.16. The number of rotatable bonds is 10. The molecule has 0 amide bonds. The molecule has 0 atom stereocenters. The van der Waals surface area contributed by atoms with Crippen LogP contribution >= 0.6 is 0 Å². The largest absolute Gasteiger partial charge is 0.381 e. The minimum atomic E-state index is 0.222. The van der Waals surface area contributed by atoms with Crippen molar-refractivity contribution in [2.45, 2.75) is 59.8 Å². The molecular formula is C14H27N3O2. The van der Waals surface area contributed by atoms with Crippen molar-refractivity contribution in [1.29, 1.82) is 0 Å². The van der Waals surface area contributed by atoms with Crippen molar-refractivity contribution in [2.75, 3.05) is 13.2 Å². The molecular weight excluding hydrogens is 242 g/mol. The van der Waals surface area contributed by atoms with Crippen molar-refractivity contribution >= 4 is 0 Å². The third kappa shape index (κ3) is 7.95. The van der Waals surface area contributed by atoms with E-state index in [1.54, 1.807) is 0 Å². The molecule has 5 heteroatoms. The third-order valence-electron chi connectivity index (χ3n) is 2.67. The van der Waals surface area contributed by atoms with Crippen LogP contribution in [0.3, 0.4) is 0 Å². The van der Waals surface area contributed by atoms with Gasteiger partial charge in [-0.25, -0.2) is 0 Å². The summed E-state index contributed by atoms with van der Waals surface area (Å²) in [5.41, 5.74) is 0.884. The van der Waals surface area contributed by atoms with E-state index in [2.05, 4.69) is 24.2 Å². The molecule has 0 N–H and O–H groups in total. The summed E-state index contributed by atoms with van der Waals surface area (Å²) in [6.45, 7) is 11.4. The van der Waals surface area contributed by atoms with Crippen LogP contribution in [-0.2, 0) is 22.6 Å². The molecule has 1 heterocycles. The highest BCUT2D eigenvalue weighted by molar-refractivity contribution is 4.89. The maximum absolute atomic E-state index is 5.57. The maximum atomic E-state index is 5.57. The zero-order valence-electron chi connectivity index (χ0n) is 12.6. The lowest BCUT2D eigenvalue weighted by Crippen LogP contribution is -2.05. The summed E-state index contributed by atoms with van der Waals surface area (Å²) >= 11 is 0. The minimum absolute atomic E-state index is 0.222. The Morgan fingerprint density at radius 3 is 2.68 bits per heavy atom. The molecule has 110 valence electrons. The predicted octanol–water partition coefficient (Wildman–Crippen LogP) is 2.66. The Balaban J connectivity index is 2.09. The van der Waals surface area contributed by atoms with Gasteiger partial charge in [-0.15, -0.1) is 5.10 Å². The van der Waals surface area contributed by atoms with Gasteiger partial charge in [0.2, 0.25) is 0 Å². The molecule has 1 rings (SSSR count). The van der Waals surface area contributed by atoms with E-state index < -0.39 is 0 Å². The zero-order valence-corrected chi connectivity index (χ0v) is 12.6. The van der Waals surface area contributed by atoms with Crippen LogP contribution in [0.2, 0.25) is 0 Å². The van der Waals surface area contributed by atoms with Crippen molar-refractivity contribution < 1.29 is 9.47 Å². The monoisotopic (exact) mass is 269 g/mol. The topological polar surface area (TPSA) is 49.2 Å². The first kappa shape index (κ1) is 16.1. The van der Waals surface area contributed by atoms with Gasteiger partial charge in [-0.2, -0.15) is 0 Å². The van der Waals surface area contributed by atoms with Crippen molar-refractivity contribution in [1.82, 2.24) is 15.0 Å². The van der Waals surface area contributed by atoms with Crippen molar-refractivity contribution in [3.63, 3.8) is 0 Å². The van der Waals surface area contributed by atoms with Gasteiger partial charge < -0.3 is 9.47 Å². The smallest absolute Gasteiger partial charge is 0.108 e. The third-order valence-corrected chi connectivity index (χ3v) is 2.67. The standard InChI is InChI=1S/C14H27N3O2/c1-12(2)6-9-18-8-5-7-17-10-14(15-16-17)11-19-13(3)4/h10,12-13H,5-9,11H2,1-4H3. The Kier molecular flexibility index (Phi) is 7.67. The molecule has 0 spiro atoms. The molecule has 19 heavy (non-hydrogen) atoms. The van der Waals surface area contributed by atoms with Gasteiger partial charge in [-0.3, -0.25) is 4.68 Å². The summed E-state index contributed by atoms with van der Waals surface area (Å²) in [5, 5.41) is 8.14. The van der Waals surface area contributed by atoms with Crippen LogP contribution < -0.4 is 0 Å². The van der Waals surface area contributed by atoms with E-state index in [0.717, 1.165) is 38.3 Å². The lowest BCUT2D eigenvalue weighted by atomic mass is 10.1. The van der Waals surface area contributed by atoms with Crippen LogP contribution in [0.4, 0.5) is 0 Å². The molecule has 1 aromatic heterocycles. The zero-order chi connectivity index (χ0) is 14.1. The predicted molar refractivity (Wildman–Crippen MR) is 74.8 cm³/mol. The average molecular weight is 269 g/mol. The Morgan fingerprint density at radius 1 is 1.21 bits per heavy atom. The maximum Gasteiger partial charge on any atom is 0.108 e. The summed E-state index contributed by atoms with van der Waals surface area (Å²) in [6.07, 6.45) is 4.25. The molecule has 0 saturated heterocycles. The fraction of sp³-hybridized carbons (Fsp3) is 0.857. The summed E-state index contributed by atoms with van der Waals surface area (Å²) in [6, 6.07) is 0. The number of nitrogens with zero attached hydrogens (tertiary/aromatic N) is 3. The van der Waals surface area contributed by atoms with E-state index in [9.17, 15) is 0 Å². The molecule has 5 nitrogen and oxygen atoms in total. The number of hydrogen-bond donors (Lipinski definition) is 0. The van der Waals surface area contributed by atoms with E-state index in [0.29, 0.717) is 12.5 Å². The van der Waals surface area contributed by atoms with Crippen molar-refractivity contribution in [3.05, 3.63) is 11.9 Å². The second-order valence-corrected chi connectivity index (χ2v) is 5.48. The van der Waals surface area contributed by atoms with E-state index in [1.165, 1.54) is 0 Å². The molecule has 0 aliphatic heterocycles. The van der Waals surface area contributed by atoms with E-state index >= 15 is 0 Å². The van der Waals surface area contributed by atoms with Crippen LogP contribution in [-0.4, -0.2) is 34.3 Å². The minimum Gasteiger partial charge on any atom is -0.381 e. The molecule has 0 aliphatic rings. The molecule has 1 aromatic rings. The lowest BCUT2D eigenvalue weighted by molar-refractivity contribution is 0.0635. The van der Waals surface area contributed by atoms with Crippen LogP contribution in [0.5, 0.6) is 0 Å². The highest BCUT2D eigenvalue weighted by Gasteiger charge is 2.02. The molecule has 0 saturated carbocycles.